The molecule has 4 aromatic rings. The molecule has 3 aliphatic heterocycles. The van der Waals surface area contributed by atoms with Crippen molar-refractivity contribution in [2.24, 2.45) is 0 Å². The maximum atomic E-state index is 10.1. The summed E-state index contributed by atoms with van der Waals surface area (Å²) in [6.07, 6.45) is 0.326. The van der Waals surface area contributed by atoms with E-state index in [4.69, 9.17) is 35.9 Å². The van der Waals surface area contributed by atoms with Crippen molar-refractivity contribution in [3.8, 4) is 23.0 Å². The lowest BCUT2D eigenvalue weighted by atomic mass is 10.1. The van der Waals surface area contributed by atoms with E-state index < -0.39 is 11.7 Å². The number of halogens is 1. The number of hydrogen-bond acceptors (Lipinski definition) is 9. The van der Waals surface area contributed by atoms with E-state index in [9.17, 15) is 10.2 Å². The summed E-state index contributed by atoms with van der Waals surface area (Å²) in [7, 11) is 0. The molecule has 3 aliphatic rings. The molecule has 0 aliphatic carbocycles. The molecule has 204 valence electrons. The van der Waals surface area contributed by atoms with Crippen LogP contribution in [0.5, 0.6) is 6.01 Å². The van der Waals surface area contributed by atoms with Crippen LogP contribution < -0.4 is 4.74 Å². The van der Waals surface area contributed by atoms with Crippen LogP contribution in [-0.2, 0) is 22.6 Å². The summed E-state index contributed by atoms with van der Waals surface area (Å²) in [6, 6.07) is 9.98. The van der Waals surface area contributed by atoms with Gasteiger partial charge in [0.15, 0.2) is 11.8 Å². The number of hydrogen-bond donors (Lipinski definition) is 3. The lowest BCUT2D eigenvalue weighted by molar-refractivity contribution is 0.00706. The fourth-order valence-corrected chi connectivity index (χ4v) is 5.89. The molecule has 4 atom stereocenters. The molecule has 6 heterocycles. The van der Waals surface area contributed by atoms with E-state index in [2.05, 4.69) is 14.9 Å². The van der Waals surface area contributed by atoms with Crippen molar-refractivity contribution in [1.29, 1.82) is 0 Å². The number of aliphatic hydroxyl groups excluding tert-OH is 1. The van der Waals surface area contributed by atoms with Crippen molar-refractivity contribution in [3.05, 3.63) is 52.8 Å². The zero-order chi connectivity index (χ0) is 26.9. The lowest BCUT2D eigenvalue weighted by Crippen LogP contribution is -2.35. The van der Waals surface area contributed by atoms with Crippen LogP contribution >= 0.6 is 11.6 Å². The number of β-amino-alcohol motifs (C(OH)–C–C–N with tert-alkyl or cyclic N) is 1. The van der Waals surface area contributed by atoms with Gasteiger partial charge < -0.3 is 29.4 Å². The Labute approximate surface area is 229 Å². The topological polar surface area (TPSA) is 131 Å². The second kappa shape index (κ2) is 9.26. The average molecular weight is 553 g/mol. The SMILES string of the molecule is CC(C)(O)CN1Cc2cn(-c3ccc(-c4nc5nc(O[C@@H]6COC7C6OC[C@H]7O)[nH]c5cc4Cl)cc3)nc2C1. The van der Waals surface area contributed by atoms with Gasteiger partial charge in [0.1, 0.15) is 18.3 Å². The molecule has 2 saturated heterocycles. The minimum Gasteiger partial charge on any atom is -0.456 e. The number of aromatic amines is 1. The maximum Gasteiger partial charge on any atom is 0.296 e. The molecule has 12 heteroatoms. The summed E-state index contributed by atoms with van der Waals surface area (Å²) < 4.78 is 19.1. The number of benzene rings is 1. The van der Waals surface area contributed by atoms with Gasteiger partial charge in [-0.25, -0.2) is 9.67 Å². The number of pyridine rings is 1. The van der Waals surface area contributed by atoms with Crippen molar-refractivity contribution >= 4 is 22.8 Å². The Morgan fingerprint density at radius 1 is 1.13 bits per heavy atom. The van der Waals surface area contributed by atoms with E-state index in [-0.39, 0.29) is 24.9 Å². The molecule has 11 nitrogen and oxygen atoms in total. The number of aromatic nitrogens is 5. The van der Waals surface area contributed by atoms with Gasteiger partial charge in [0, 0.05) is 37.0 Å². The van der Waals surface area contributed by atoms with Gasteiger partial charge in [-0.15, -0.1) is 0 Å². The Balaban J connectivity index is 1.07. The predicted molar refractivity (Wildman–Crippen MR) is 142 cm³/mol. The molecule has 39 heavy (non-hydrogen) atoms. The first-order valence-electron chi connectivity index (χ1n) is 13.0. The summed E-state index contributed by atoms with van der Waals surface area (Å²) >= 11 is 6.61. The Hall–Kier alpha value is -3.06. The third kappa shape index (κ3) is 4.69. The van der Waals surface area contributed by atoms with Gasteiger partial charge in [-0.2, -0.15) is 10.1 Å². The normalized spacial score (nSPS) is 24.9. The number of imidazole rings is 1. The van der Waals surface area contributed by atoms with Gasteiger partial charge >= 0.3 is 0 Å². The Bertz CT molecular complexity index is 1510. The van der Waals surface area contributed by atoms with E-state index in [0.29, 0.717) is 41.0 Å². The first-order valence-corrected chi connectivity index (χ1v) is 13.4. The number of H-pyrrole nitrogens is 1. The van der Waals surface area contributed by atoms with Crippen LogP contribution in [0.15, 0.2) is 36.5 Å². The van der Waals surface area contributed by atoms with Crippen molar-refractivity contribution in [2.75, 3.05) is 19.8 Å². The molecule has 0 bridgehead atoms. The fraction of sp³-hybridized carbons (Fsp3) is 0.444. The molecule has 7 rings (SSSR count). The van der Waals surface area contributed by atoms with Crippen LogP contribution in [0.3, 0.4) is 0 Å². The highest BCUT2D eigenvalue weighted by Gasteiger charge is 2.48. The molecular weight excluding hydrogens is 524 g/mol. The summed E-state index contributed by atoms with van der Waals surface area (Å²) in [4.78, 5) is 14.5. The van der Waals surface area contributed by atoms with E-state index in [1.807, 2.05) is 49.0 Å². The van der Waals surface area contributed by atoms with Crippen molar-refractivity contribution in [2.45, 2.75) is 57.0 Å². The third-order valence-electron chi connectivity index (χ3n) is 7.31. The second-order valence-electron chi connectivity index (χ2n) is 11.1. The fourth-order valence-electron chi connectivity index (χ4n) is 5.62. The van der Waals surface area contributed by atoms with Crippen molar-refractivity contribution in [3.63, 3.8) is 0 Å². The summed E-state index contributed by atoms with van der Waals surface area (Å²) in [5.74, 6) is 0. The van der Waals surface area contributed by atoms with Crippen LogP contribution in [0.2, 0.25) is 5.02 Å². The molecule has 2 unspecified atom stereocenters. The van der Waals surface area contributed by atoms with E-state index in [0.717, 1.165) is 30.0 Å². The van der Waals surface area contributed by atoms with Gasteiger partial charge in [-0.1, -0.05) is 23.7 Å². The Morgan fingerprint density at radius 2 is 1.92 bits per heavy atom. The van der Waals surface area contributed by atoms with Crippen LogP contribution in [0.1, 0.15) is 25.1 Å². The molecule has 0 radical (unpaired) electrons. The van der Waals surface area contributed by atoms with Gasteiger partial charge in [0.05, 0.1) is 46.4 Å². The standard InChI is InChI=1S/C27H29ClN6O5/c1-27(2,36)13-33-8-15-9-34(32-19(15)10-33)16-5-3-14(4-6-16)22-17(28)7-18-25(30-22)31-26(29-18)39-21-12-38-23-20(35)11-37-24(21)23/h3-7,9,20-21,23-24,35-36H,8,10-13H2,1-2H3,(H,29,30,31)/t20-,21-,23?,24?/m1/s1. The predicted octanol–water partition coefficient (Wildman–Crippen LogP) is 2.46. The van der Waals surface area contributed by atoms with Crippen molar-refractivity contribution < 1.29 is 24.4 Å². The van der Waals surface area contributed by atoms with Crippen LogP contribution in [0.4, 0.5) is 0 Å². The summed E-state index contributed by atoms with van der Waals surface area (Å²) in [5, 5.41) is 25.3. The smallest absolute Gasteiger partial charge is 0.296 e. The first kappa shape index (κ1) is 24.9. The van der Waals surface area contributed by atoms with Gasteiger partial charge in [0.2, 0.25) is 0 Å². The molecular formula is C27H29ClN6O5. The number of fused-ring (bicyclic) bond motifs is 3. The molecule has 0 saturated carbocycles. The summed E-state index contributed by atoms with van der Waals surface area (Å²) in [6.45, 7) is 6.29. The summed E-state index contributed by atoms with van der Waals surface area (Å²) in [5.41, 5.74) is 5.01. The van der Waals surface area contributed by atoms with Crippen LogP contribution in [-0.4, -0.2) is 89.6 Å². The Kier molecular flexibility index (Phi) is 5.92. The zero-order valence-corrected chi connectivity index (χ0v) is 22.3. The highest BCUT2D eigenvalue weighted by Crippen LogP contribution is 2.33. The molecule has 0 amide bonds. The first-order chi connectivity index (χ1) is 18.7. The number of aliphatic hydroxyl groups is 2. The quantitative estimate of drug-likeness (QED) is 0.330. The van der Waals surface area contributed by atoms with Gasteiger partial charge in [-0.3, -0.25) is 4.90 Å². The average Bonchev–Trinajstić information content (AvgIpc) is 3.67. The second-order valence-corrected chi connectivity index (χ2v) is 11.5. The van der Waals surface area contributed by atoms with E-state index in [1.54, 1.807) is 6.07 Å². The number of nitrogens with zero attached hydrogens (tertiary/aromatic N) is 5. The minimum atomic E-state index is -0.735. The molecule has 2 fully saturated rings. The maximum absolute atomic E-state index is 10.1. The molecule has 1 aromatic carbocycles. The van der Waals surface area contributed by atoms with E-state index >= 15 is 0 Å². The molecule has 3 N–H and O–H groups in total. The number of rotatable bonds is 6. The van der Waals surface area contributed by atoms with Crippen LogP contribution in [0, 0.1) is 0 Å². The van der Waals surface area contributed by atoms with E-state index in [1.165, 1.54) is 5.56 Å². The highest BCUT2D eigenvalue weighted by molar-refractivity contribution is 6.33. The number of nitrogens with one attached hydrogen (secondary N) is 1. The molecule has 0 spiro atoms. The minimum absolute atomic E-state index is 0.235. The number of ether oxygens (including phenoxy) is 3. The Morgan fingerprint density at radius 3 is 2.69 bits per heavy atom. The monoisotopic (exact) mass is 552 g/mol. The molecule has 3 aromatic heterocycles. The lowest BCUT2D eigenvalue weighted by Gasteiger charge is -2.24. The van der Waals surface area contributed by atoms with Crippen molar-refractivity contribution in [1.82, 2.24) is 29.6 Å². The third-order valence-corrected chi connectivity index (χ3v) is 7.60. The van der Waals surface area contributed by atoms with Crippen LogP contribution in [0.25, 0.3) is 28.1 Å². The largest absolute Gasteiger partial charge is 0.456 e. The zero-order valence-electron chi connectivity index (χ0n) is 21.5. The highest BCUT2D eigenvalue weighted by atomic mass is 35.5. The van der Waals surface area contributed by atoms with Gasteiger partial charge in [0.25, 0.3) is 6.01 Å². The van der Waals surface area contributed by atoms with Gasteiger partial charge in [-0.05, 0) is 32.0 Å².